The van der Waals surface area contributed by atoms with Crippen molar-refractivity contribution >= 4 is 0 Å². The molecule has 0 aromatic heterocycles. The first-order valence-corrected chi connectivity index (χ1v) is 10.6. The van der Waals surface area contributed by atoms with E-state index < -0.39 is 0 Å². The van der Waals surface area contributed by atoms with Gasteiger partial charge in [0.05, 0.1) is 6.10 Å². The summed E-state index contributed by atoms with van der Waals surface area (Å²) < 4.78 is 0. The van der Waals surface area contributed by atoms with Crippen molar-refractivity contribution in [1.82, 2.24) is 0 Å². The monoisotopic (exact) mass is 328 g/mol. The predicted molar refractivity (Wildman–Crippen MR) is 101 cm³/mol. The Balaban J connectivity index is 1.56. The van der Waals surface area contributed by atoms with E-state index in [1.54, 1.807) is 11.1 Å². The van der Waals surface area contributed by atoms with E-state index in [2.05, 4.69) is 26.5 Å². The Labute approximate surface area is 148 Å². The molecule has 0 spiro atoms. The lowest BCUT2D eigenvalue weighted by molar-refractivity contribution is -0.0188. The second-order valence-electron chi connectivity index (χ2n) is 9.55. The van der Waals surface area contributed by atoms with Crippen molar-refractivity contribution in [1.29, 1.82) is 0 Å². The molecular formula is C23H36O. The first-order chi connectivity index (χ1) is 11.5. The van der Waals surface area contributed by atoms with Crippen molar-refractivity contribution in [3.05, 3.63) is 23.8 Å². The van der Waals surface area contributed by atoms with Crippen LogP contribution in [0.4, 0.5) is 0 Å². The molecule has 7 atom stereocenters. The fraction of sp³-hybridized carbons (Fsp3) is 0.826. The Hall–Kier alpha value is -0.560. The molecule has 3 saturated carbocycles. The maximum Gasteiger partial charge on any atom is 0.0723 e. The van der Waals surface area contributed by atoms with Crippen molar-refractivity contribution in [3.63, 3.8) is 0 Å². The van der Waals surface area contributed by atoms with Gasteiger partial charge in [-0.1, -0.05) is 44.1 Å². The normalized spacial score (nSPS) is 47.4. The van der Waals surface area contributed by atoms with E-state index in [-0.39, 0.29) is 6.10 Å². The van der Waals surface area contributed by atoms with E-state index in [0.717, 1.165) is 36.0 Å². The summed E-state index contributed by atoms with van der Waals surface area (Å²) in [7, 11) is 0. The number of aliphatic hydroxyl groups is 1. The van der Waals surface area contributed by atoms with Crippen LogP contribution in [0.5, 0.6) is 0 Å². The van der Waals surface area contributed by atoms with E-state index in [0.29, 0.717) is 5.41 Å². The van der Waals surface area contributed by atoms with Gasteiger partial charge >= 0.3 is 0 Å². The molecule has 0 aliphatic heterocycles. The second-order valence-corrected chi connectivity index (χ2v) is 9.55. The molecular weight excluding hydrogens is 292 g/mol. The highest BCUT2D eigenvalue weighted by Gasteiger charge is 2.56. The van der Waals surface area contributed by atoms with Gasteiger partial charge in [0.2, 0.25) is 0 Å². The molecule has 0 saturated heterocycles. The molecule has 0 radical (unpaired) electrons. The van der Waals surface area contributed by atoms with E-state index in [1.165, 1.54) is 57.8 Å². The molecule has 134 valence electrons. The van der Waals surface area contributed by atoms with Crippen LogP contribution in [0, 0.1) is 35.0 Å². The van der Waals surface area contributed by atoms with Crippen molar-refractivity contribution in [2.75, 3.05) is 0 Å². The van der Waals surface area contributed by atoms with Crippen molar-refractivity contribution < 1.29 is 5.11 Å². The molecule has 0 amide bonds. The molecule has 1 nitrogen and oxygen atoms in total. The first-order valence-electron chi connectivity index (χ1n) is 10.6. The summed E-state index contributed by atoms with van der Waals surface area (Å²) in [5.41, 5.74) is 3.70. The topological polar surface area (TPSA) is 20.2 Å². The SMILES string of the molecule is C=C(CCC)[C@H]1CCC2C3CCC4=C[C@@H](O)CC[C@@H]4C3CC[C@@]21C. The van der Waals surface area contributed by atoms with Crippen LogP contribution in [0.1, 0.15) is 78.1 Å². The lowest BCUT2D eigenvalue weighted by Crippen LogP contribution is -2.46. The second kappa shape index (κ2) is 6.31. The number of allylic oxidation sites excluding steroid dienone is 2. The van der Waals surface area contributed by atoms with Crippen LogP contribution >= 0.6 is 0 Å². The smallest absolute Gasteiger partial charge is 0.0723 e. The van der Waals surface area contributed by atoms with Crippen molar-refractivity contribution in [3.8, 4) is 0 Å². The van der Waals surface area contributed by atoms with Crippen LogP contribution in [0.3, 0.4) is 0 Å². The zero-order chi connectivity index (χ0) is 16.9. The average Bonchev–Trinajstić information content (AvgIpc) is 2.92. The van der Waals surface area contributed by atoms with Gasteiger partial charge in [0.1, 0.15) is 0 Å². The van der Waals surface area contributed by atoms with Crippen LogP contribution in [0.2, 0.25) is 0 Å². The summed E-state index contributed by atoms with van der Waals surface area (Å²) in [5.74, 6) is 4.38. The van der Waals surface area contributed by atoms with Gasteiger partial charge in [-0.05, 0) is 92.8 Å². The van der Waals surface area contributed by atoms with Crippen LogP contribution < -0.4 is 0 Å². The highest BCUT2D eigenvalue weighted by molar-refractivity contribution is 5.21. The van der Waals surface area contributed by atoms with E-state index in [4.69, 9.17) is 0 Å². The Bertz CT molecular complexity index is 532. The maximum absolute atomic E-state index is 10.00. The molecule has 0 bridgehead atoms. The third kappa shape index (κ3) is 2.54. The molecule has 0 aromatic carbocycles. The van der Waals surface area contributed by atoms with E-state index in [9.17, 15) is 5.11 Å². The maximum atomic E-state index is 10.00. The molecule has 1 N–H and O–H groups in total. The molecule has 0 aromatic rings. The predicted octanol–water partition coefficient (Wildman–Crippen LogP) is 5.89. The summed E-state index contributed by atoms with van der Waals surface area (Å²) in [4.78, 5) is 0. The molecule has 4 rings (SSSR count). The molecule has 24 heavy (non-hydrogen) atoms. The van der Waals surface area contributed by atoms with Gasteiger partial charge in [0.25, 0.3) is 0 Å². The van der Waals surface area contributed by atoms with E-state index in [1.807, 2.05) is 0 Å². The van der Waals surface area contributed by atoms with Gasteiger partial charge < -0.3 is 5.11 Å². The molecule has 3 unspecified atom stereocenters. The summed E-state index contributed by atoms with van der Waals surface area (Å²) in [6.07, 6.45) is 15.1. The zero-order valence-electron chi connectivity index (χ0n) is 15.8. The third-order valence-corrected chi connectivity index (χ3v) is 8.50. The Kier molecular flexibility index (Phi) is 4.44. The number of rotatable bonds is 3. The van der Waals surface area contributed by atoms with E-state index >= 15 is 0 Å². The molecule has 1 heteroatoms. The minimum atomic E-state index is -0.158. The van der Waals surface area contributed by atoms with Gasteiger partial charge in [-0.25, -0.2) is 0 Å². The summed E-state index contributed by atoms with van der Waals surface area (Å²) in [6.45, 7) is 9.41. The minimum absolute atomic E-state index is 0.158. The Morgan fingerprint density at radius 2 is 2.00 bits per heavy atom. The van der Waals surface area contributed by atoms with Gasteiger partial charge in [-0.3, -0.25) is 0 Å². The van der Waals surface area contributed by atoms with Gasteiger partial charge in [0, 0.05) is 0 Å². The fourth-order valence-electron chi connectivity index (χ4n) is 7.48. The standard InChI is InChI=1S/C23H36O/c1-4-5-15(2)21-10-11-22-20-8-6-16-14-17(24)7-9-18(16)19(20)12-13-23(21,22)3/h14,17-22,24H,2,4-13H2,1,3H3/t17-,18-,19?,20?,21+,22?,23+/m0/s1. The summed E-state index contributed by atoms with van der Waals surface area (Å²) >= 11 is 0. The summed E-state index contributed by atoms with van der Waals surface area (Å²) in [5, 5.41) is 10.00. The van der Waals surface area contributed by atoms with Crippen molar-refractivity contribution in [2.24, 2.45) is 35.0 Å². The summed E-state index contributed by atoms with van der Waals surface area (Å²) in [6, 6.07) is 0. The fourth-order valence-corrected chi connectivity index (χ4v) is 7.48. The minimum Gasteiger partial charge on any atom is -0.389 e. The van der Waals surface area contributed by atoms with Gasteiger partial charge in [-0.2, -0.15) is 0 Å². The highest BCUT2D eigenvalue weighted by Crippen LogP contribution is 2.65. The van der Waals surface area contributed by atoms with Crippen molar-refractivity contribution in [2.45, 2.75) is 84.2 Å². The number of hydrogen-bond acceptors (Lipinski definition) is 1. The van der Waals surface area contributed by atoms with Gasteiger partial charge in [-0.15, -0.1) is 0 Å². The average molecular weight is 329 g/mol. The van der Waals surface area contributed by atoms with Crippen LogP contribution in [-0.4, -0.2) is 11.2 Å². The van der Waals surface area contributed by atoms with Crippen LogP contribution in [0.25, 0.3) is 0 Å². The lowest BCUT2D eigenvalue weighted by Gasteiger charge is -2.54. The quantitative estimate of drug-likeness (QED) is 0.640. The number of aliphatic hydroxyl groups excluding tert-OH is 1. The van der Waals surface area contributed by atoms with Crippen LogP contribution in [0.15, 0.2) is 23.8 Å². The molecule has 4 aliphatic carbocycles. The largest absolute Gasteiger partial charge is 0.389 e. The highest BCUT2D eigenvalue weighted by atomic mass is 16.3. The molecule has 3 fully saturated rings. The number of hydrogen-bond donors (Lipinski definition) is 1. The zero-order valence-corrected chi connectivity index (χ0v) is 15.8. The third-order valence-electron chi connectivity index (χ3n) is 8.50. The Morgan fingerprint density at radius 1 is 1.17 bits per heavy atom. The lowest BCUT2D eigenvalue weighted by atomic mass is 9.51. The first kappa shape index (κ1) is 16.9. The molecule has 0 heterocycles. The molecule has 4 aliphatic rings. The number of fused-ring (bicyclic) bond motifs is 5. The Morgan fingerprint density at radius 3 is 2.79 bits per heavy atom. The van der Waals surface area contributed by atoms with Crippen LogP contribution in [-0.2, 0) is 0 Å². The van der Waals surface area contributed by atoms with Gasteiger partial charge in [0.15, 0.2) is 0 Å².